The van der Waals surface area contributed by atoms with E-state index < -0.39 is 24.1 Å². The summed E-state index contributed by atoms with van der Waals surface area (Å²) in [6.07, 6.45) is 0. The van der Waals surface area contributed by atoms with Crippen molar-refractivity contribution in [3.05, 3.63) is 107 Å². The van der Waals surface area contributed by atoms with E-state index >= 15 is 0 Å². The molecule has 7 nitrogen and oxygen atoms in total. The lowest BCUT2D eigenvalue weighted by atomic mass is 9.86. The first kappa shape index (κ1) is 24.6. The number of hydrogen-bond acceptors (Lipinski definition) is 6. The van der Waals surface area contributed by atoms with E-state index in [1.807, 2.05) is 18.2 Å². The normalized spacial score (nSPS) is 14.3. The van der Waals surface area contributed by atoms with Crippen LogP contribution in [0.4, 0.5) is 0 Å². The van der Waals surface area contributed by atoms with Gasteiger partial charge in [-0.05, 0) is 22.3 Å². The zero-order valence-electron chi connectivity index (χ0n) is 19.6. The zero-order chi connectivity index (χ0) is 24.5. The molecule has 0 aromatic heterocycles. The van der Waals surface area contributed by atoms with E-state index in [1.54, 1.807) is 60.7 Å². The summed E-state index contributed by atoms with van der Waals surface area (Å²) in [5.74, 6) is -1.35. The van der Waals surface area contributed by atoms with Crippen LogP contribution in [0.3, 0.4) is 0 Å². The number of benzene rings is 3. The molecular formula is C28H30N2O5. The van der Waals surface area contributed by atoms with E-state index in [9.17, 15) is 14.7 Å². The Labute approximate surface area is 205 Å². The fourth-order valence-electron chi connectivity index (χ4n) is 4.13. The summed E-state index contributed by atoms with van der Waals surface area (Å²) in [6.45, 7) is 3.81. The smallest absolute Gasteiger partial charge is 0.348 e. The van der Waals surface area contributed by atoms with Gasteiger partial charge in [-0.1, -0.05) is 84.9 Å². The second-order valence-electron chi connectivity index (χ2n) is 8.45. The van der Waals surface area contributed by atoms with Crippen molar-refractivity contribution in [3.8, 4) is 0 Å². The molecule has 3 aromatic carbocycles. The molecule has 2 N–H and O–H groups in total. The molecule has 7 heteroatoms. The predicted octanol–water partition coefficient (Wildman–Crippen LogP) is 2.61. The van der Waals surface area contributed by atoms with Crippen molar-refractivity contribution in [2.75, 3.05) is 32.9 Å². The molecule has 1 heterocycles. The van der Waals surface area contributed by atoms with E-state index in [-0.39, 0.29) is 0 Å². The Bertz CT molecular complexity index is 1070. The van der Waals surface area contributed by atoms with Gasteiger partial charge in [-0.25, -0.2) is 4.79 Å². The van der Waals surface area contributed by atoms with Crippen molar-refractivity contribution in [3.63, 3.8) is 0 Å². The maximum Gasteiger partial charge on any atom is 0.348 e. The van der Waals surface area contributed by atoms with E-state index in [0.717, 1.165) is 44.0 Å². The third-order valence-electron chi connectivity index (χ3n) is 6.10. The summed E-state index contributed by atoms with van der Waals surface area (Å²) in [6, 6.07) is 25.1. The number of carbonyl (C=O) groups excluding carboxylic acids is 2. The summed E-state index contributed by atoms with van der Waals surface area (Å²) in [5.41, 5.74) is 0.855. The lowest BCUT2D eigenvalue weighted by Crippen LogP contribution is -2.40. The van der Waals surface area contributed by atoms with Crippen LogP contribution in [0.25, 0.3) is 0 Å². The molecule has 1 fully saturated rings. The maximum absolute atomic E-state index is 13.1. The van der Waals surface area contributed by atoms with Crippen LogP contribution < -0.4 is 5.32 Å². The number of morpholine rings is 1. The van der Waals surface area contributed by atoms with Gasteiger partial charge in [0, 0.05) is 26.2 Å². The van der Waals surface area contributed by atoms with Crippen molar-refractivity contribution >= 4 is 11.9 Å². The first-order valence-corrected chi connectivity index (χ1v) is 11.7. The molecule has 0 aliphatic carbocycles. The Morgan fingerprint density at radius 3 is 2.00 bits per heavy atom. The highest BCUT2D eigenvalue weighted by molar-refractivity contribution is 5.88. The fourth-order valence-corrected chi connectivity index (χ4v) is 4.13. The van der Waals surface area contributed by atoms with Gasteiger partial charge in [0.25, 0.3) is 5.91 Å². The van der Waals surface area contributed by atoms with E-state index in [2.05, 4.69) is 16.3 Å². The first-order chi connectivity index (χ1) is 17.1. The van der Waals surface area contributed by atoms with Crippen LogP contribution in [0.15, 0.2) is 84.9 Å². The third-order valence-corrected chi connectivity index (χ3v) is 6.10. The van der Waals surface area contributed by atoms with Gasteiger partial charge in [-0.3, -0.25) is 9.69 Å². The van der Waals surface area contributed by atoms with E-state index in [4.69, 9.17) is 9.47 Å². The summed E-state index contributed by atoms with van der Waals surface area (Å²) in [7, 11) is 0. The van der Waals surface area contributed by atoms with E-state index in [0.29, 0.717) is 17.7 Å². The summed E-state index contributed by atoms with van der Waals surface area (Å²) < 4.78 is 10.7. The third kappa shape index (κ3) is 6.14. The number of amides is 1. The number of nitrogens with one attached hydrogen (secondary N) is 1. The molecule has 0 spiro atoms. The van der Waals surface area contributed by atoms with E-state index in [1.165, 1.54) is 0 Å². The molecule has 3 aromatic rings. The first-order valence-electron chi connectivity index (χ1n) is 11.7. The number of aliphatic hydroxyl groups is 1. The lowest BCUT2D eigenvalue weighted by molar-refractivity contribution is -0.164. The quantitative estimate of drug-likeness (QED) is 0.464. The maximum atomic E-state index is 13.1. The highest BCUT2D eigenvalue weighted by Crippen LogP contribution is 2.31. The SMILES string of the molecule is O=C(COC(=O)C(O)(c1ccccc1)c1ccccc1)NCc1ccccc1CN1CCOCC1. The standard InChI is InChI=1S/C28H30N2O5/c31-26(29-19-22-9-7-8-10-23(22)20-30-15-17-34-18-16-30)21-35-27(32)28(33,24-11-3-1-4-12-24)25-13-5-2-6-14-25/h1-14,33H,15-21H2,(H,29,31). The molecule has 4 rings (SSSR count). The Morgan fingerprint density at radius 2 is 1.40 bits per heavy atom. The lowest BCUT2D eigenvalue weighted by Gasteiger charge is -2.27. The fraction of sp³-hybridized carbons (Fsp3) is 0.286. The van der Waals surface area contributed by atoms with Gasteiger partial charge in [0.05, 0.1) is 13.2 Å². The summed E-state index contributed by atoms with van der Waals surface area (Å²) in [4.78, 5) is 27.9. The second kappa shape index (κ2) is 11.8. The average molecular weight is 475 g/mol. The molecule has 1 amide bonds. The predicted molar refractivity (Wildman–Crippen MR) is 131 cm³/mol. The number of nitrogens with zero attached hydrogens (tertiary/aromatic N) is 1. The highest BCUT2D eigenvalue weighted by Gasteiger charge is 2.41. The zero-order valence-corrected chi connectivity index (χ0v) is 19.6. The van der Waals surface area contributed by atoms with Crippen molar-refractivity contribution in [2.24, 2.45) is 0 Å². The molecule has 0 saturated carbocycles. The Morgan fingerprint density at radius 1 is 0.857 bits per heavy atom. The van der Waals surface area contributed by atoms with Crippen LogP contribution in [-0.4, -0.2) is 54.8 Å². The number of carbonyl (C=O) groups is 2. The van der Waals surface area contributed by atoms with Gasteiger partial charge in [0.15, 0.2) is 6.61 Å². The van der Waals surface area contributed by atoms with Crippen LogP contribution in [0.5, 0.6) is 0 Å². The number of hydrogen-bond donors (Lipinski definition) is 2. The van der Waals surface area contributed by atoms with Crippen molar-refractivity contribution < 1.29 is 24.2 Å². The molecule has 182 valence electrons. The second-order valence-corrected chi connectivity index (χ2v) is 8.45. The minimum Gasteiger partial charge on any atom is -0.453 e. The Balaban J connectivity index is 1.37. The van der Waals surface area contributed by atoms with Crippen LogP contribution in [0, 0.1) is 0 Å². The van der Waals surface area contributed by atoms with Crippen LogP contribution in [0.1, 0.15) is 22.3 Å². The number of ether oxygens (including phenoxy) is 2. The molecule has 1 saturated heterocycles. The molecular weight excluding hydrogens is 444 g/mol. The molecule has 0 atom stereocenters. The van der Waals surface area contributed by atoms with Crippen molar-refractivity contribution in [1.29, 1.82) is 0 Å². The minimum atomic E-state index is -2.02. The molecule has 1 aliphatic rings. The highest BCUT2D eigenvalue weighted by atomic mass is 16.6. The van der Waals surface area contributed by atoms with Gasteiger partial charge in [-0.2, -0.15) is 0 Å². The molecule has 35 heavy (non-hydrogen) atoms. The molecule has 0 radical (unpaired) electrons. The largest absolute Gasteiger partial charge is 0.453 e. The Kier molecular flexibility index (Phi) is 8.26. The van der Waals surface area contributed by atoms with Gasteiger partial charge >= 0.3 is 5.97 Å². The van der Waals surface area contributed by atoms with Gasteiger partial charge in [-0.15, -0.1) is 0 Å². The number of rotatable bonds is 9. The van der Waals surface area contributed by atoms with Gasteiger partial charge < -0.3 is 19.9 Å². The topological polar surface area (TPSA) is 88.1 Å². The molecule has 0 bridgehead atoms. The van der Waals surface area contributed by atoms with Gasteiger partial charge in [0.1, 0.15) is 0 Å². The summed E-state index contributed by atoms with van der Waals surface area (Å²) in [5, 5.41) is 14.2. The molecule has 0 unspecified atom stereocenters. The van der Waals surface area contributed by atoms with Crippen molar-refractivity contribution in [2.45, 2.75) is 18.7 Å². The number of esters is 1. The molecule has 1 aliphatic heterocycles. The monoisotopic (exact) mass is 474 g/mol. The minimum absolute atomic E-state index is 0.318. The summed E-state index contributed by atoms with van der Waals surface area (Å²) >= 11 is 0. The van der Waals surface area contributed by atoms with Crippen LogP contribution in [0.2, 0.25) is 0 Å². The van der Waals surface area contributed by atoms with Crippen LogP contribution in [-0.2, 0) is 37.8 Å². The average Bonchev–Trinajstić information content (AvgIpc) is 2.92. The van der Waals surface area contributed by atoms with Crippen molar-refractivity contribution in [1.82, 2.24) is 10.2 Å². The van der Waals surface area contributed by atoms with Gasteiger partial charge in [0.2, 0.25) is 5.60 Å². The van der Waals surface area contributed by atoms with Crippen LogP contribution >= 0.6 is 0 Å². The Hall–Kier alpha value is -3.52.